The number of hydrogen-bond donors (Lipinski definition) is 1. The van der Waals surface area contributed by atoms with Crippen LogP contribution in [-0.4, -0.2) is 17.7 Å². The molecule has 1 rings (SSSR count). The van der Waals surface area contributed by atoms with Crippen molar-refractivity contribution in [3.63, 3.8) is 0 Å². The highest BCUT2D eigenvalue weighted by Crippen LogP contribution is 2.31. The Labute approximate surface area is 87.0 Å². The summed E-state index contributed by atoms with van der Waals surface area (Å²) in [4.78, 5) is 10.5. The third kappa shape index (κ3) is 2.53. The van der Waals surface area contributed by atoms with Crippen LogP contribution < -0.4 is 4.74 Å². The first-order chi connectivity index (χ1) is 6.93. The van der Waals surface area contributed by atoms with E-state index < -0.39 is 34.7 Å². The molecule has 3 nitrogen and oxygen atoms in total. The molecule has 0 radical (unpaired) electrons. The van der Waals surface area contributed by atoms with E-state index in [9.17, 15) is 18.0 Å². The molecule has 15 heavy (non-hydrogen) atoms. The number of carbonyl (C=O) groups is 1. The minimum absolute atomic E-state index is 0.578. The largest absolute Gasteiger partial charge is 0.478 e. The molecular weight excluding hydrogens is 237 g/mol. The molecule has 1 aromatic carbocycles. The molecule has 0 aliphatic rings. The van der Waals surface area contributed by atoms with Crippen molar-refractivity contribution in [1.82, 2.24) is 0 Å². The van der Waals surface area contributed by atoms with E-state index in [-0.39, 0.29) is 0 Å². The van der Waals surface area contributed by atoms with Gasteiger partial charge in [0.15, 0.2) is 0 Å². The number of carboxylic acid groups (broad SMARTS) is 1. The second-order valence-electron chi connectivity index (χ2n) is 2.42. The molecule has 0 aromatic heterocycles. The van der Waals surface area contributed by atoms with Crippen LogP contribution >= 0.6 is 11.6 Å². The standard InChI is InChI=1S/C8H4ClF3O3/c9-6-4(15-8(11)12)2-1-3(10)5(6)7(13)14/h1-2,8H,(H,13,14). The van der Waals surface area contributed by atoms with E-state index in [4.69, 9.17) is 16.7 Å². The number of carboxylic acids is 1. The Morgan fingerprint density at radius 3 is 2.53 bits per heavy atom. The zero-order chi connectivity index (χ0) is 11.6. The van der Waals surface area contributed by atoms with Crippen molar-refractivity contribution >= 4 is 17.6 Å². The SMILES string of the molecule is O=C(O)c1c(F)ccc(OC(F)F)c1Cl. The van der Waals surface area contributed by atoms with Crippen molar-refractivity contribution < 1.29 is 27.8 Å². The van der Waals surface area contributed by atoms with Gasteiger partial charge in [-0.3, -0.25) is 0 Å². The summed E-state index contributed by atoms with van der Waals surface area (Å²) in [7, 11) is 0. The van der Waals surface area contributed by atoms with Crippen molar-refractivity contribution in [2.75, 3.05) is 0 Å². The number of benzene rings is 1. The Morgan fingerprint density at radius 1 is 1.47 bits per heavy atom. The molecule has 1 N–H and O–H groups in total. The van der Waals surface area contributed by atoms with Crippen LogP contribution in [-0.2, 0) is 0 Å². The summed E-state index contributed by atoms with van der Waals surface area (Å²) in [6.45, 7) is -3.16. The Balaban J connectivity index is 3.22. The highest BCUT2D eigenvalue weighted by molar-refractivity contribution is 6.35. The number of alkyl halides is 2. The van der Waals surface area contributed by atoms with E-state index in [0.29, 0.717) is 6.07 Å². The lowest BCUT2D eigenvalue weighted by Gasteiger charge is -2.08. The number of aromatic carboxylic acids is 1. The lowest BCUT2D eigenvalue weighted by Crippen LogP contribution is -2.07. The van der Waals surface area contributed by atoms with Crippen LogP contribution in [0.4, 0.5) is 13.2 Å². The van der Waals surface area contributed by atoms with Gasteiger partial charge in [0.25, 0.3) is 0 Å². The summed E-state index contributed by atoms with van der Waals surface area (Å²) >= 11 is 5.37. The Bertz CT molecular complexity index is 395. The zero-order valence-electron chi connectivity index (χ0n) is 7.01. The third-order valence-electron chi connectivity index (χ3n) is 1.49. The first-order valence-corrected chi connectivity index (χ1v) is 3.97. The van der Waals surface area contributed by atoms with Gasteiger partial charge < -0.3 is 9.84 Å². The monoisotopic (exact) mass is 240 g/mol. The average Bonchev–Trinajstić information content (AvgIpc) is 2.09. The van der Waals surface area contributed by atoms with Crippen molar-refractivity contribution in [2.24, 2.45) is 0 Å². The van der Waals surface area contributed by atoms with E-state index in [1.165, 1.54) is 0 Å². The van der Waals surface area contributed by atoms with Crippen LogP contribution in [0.2, 0.25) is 5.02 Å². The fourth-order valence-electron chi connectivity index (χ4n) is 0.916. The van der Waals surface area contributed by atoms with Gasteiger partial charge >= 0.3 is 12.6 Å². The molecule has 0 aliphatic carbocycles. The summed E-state index contributed by atoms with van der Waals surface area (Å²) in [5, 5.41) is 7.85. The summed E-state index contributed by atoms with van der Waals surface area (Å²) in [6, 6.07) is 1.52. The number of hydrogen-bond acceptors (Lipinski definition) is 2. The van der Waals surface area contributed by atoms with Crippen LogP contribution in [0.1, 0.15) is 10.4 Å². The van der Waals surface area contributed by atoms with Gasteiger partial charge in [-0.15, -0.1) is 0 Å². The van der Waals surface area contributed by atoms with Crippen LogP contribution in [0, 0.1) is 5.82 Å². The average molecular weight is 241 g/mol. The van der Waals surface area contributed by atoms with Crippen LogP contribution in [0.15, 0.2) is 12.1 Å². The predicted octanol–water partition coefficient (Wildman–Crippen LogP) is 2.78. The summed E-state index contributed by atoms with van der Waals surface area (Å²) in [6.07, 6.45) is 0. The van der Waals surface area contributed by atoms with Gasteiger partial charge in [0.05, 0.1) is 0 Å². The minimum Gasteiger partial charge on any atom is -0.478 e. The Hall–Kier alpha value is -1.43. The van der Waals surface area contributed by atoms with Crippen LogP contribution in [0.3, 0.4) is 0 Å². The molecule has 0 atom stereocenters. The van der Waals surface area contributed by atoms with E-state index >= 15 is 0 Å². The molecular formula is C8H4ClF3O3. The number of ether oxygens (including phenoxy) is 1. The lowest BCUT2D eigenvalue weighted by atomic mass is 10.2. The van der Waals surface area contributed by atoms with Gasteiger partial charge in [-0.2, -0.15) is 8.78 Å². The van der Waals surface area contributed by atoms with Gasteiger partial charge in [0, 0.05) is 0 Å². The minimum atomic E-state index is -3.16. The fraction of sp³-hybridized carbons (Fsp3) is 0.125. The molecule has 1 aromatic rings. The fourth-order valence-corrected chi connectivity index (χ4v) is 1.20. The van der Waals surface area contributed by atoms with Gasteiger partial charge in [-0.05, 0) is 12.1 Å². The molecule has 0 saturated heterocycles. The molecule has 0 unspecified atom stereocenters. The second kappa shape index (κ2) is 4.39. The summed E-state index contributed by atoms with van der Waals surface area (Å²) in [5.74, 6) is -3.35. The number of halogens is 4. The molecule has 7 heteroatoms. The van der Waals surface area contributed by atoms with E-state index in [1.807, 2.05) is 0 Å². The Morgan fingerprint density at radius 2 is 2.07 bits per heavy atom. The zero-order valence-corrected chi connectivity index (χ0v) is 7.76. The third-order valence-corrected chi connectivity index (χ3v) is 1.86. The molecule has 82 valence electrons. The molecule has 0 fully saturated rings. The molecule has 0 aliphatic heterocycles. The molecule has 0 spiro atoms. The molecule has 0 saturated carbocycles. The summed E-state index contributed by atoms with van der Waals surface area (Å²) < 4.78 is 40.4. The van der Waals surface area contributed by atoms with Crippen molar-refractivity contribution in [3.8, 4) is 5.75 Å². The maximum absolute atomic E-state index is 12.9. The normalized spacial score (nSPS) is 10.5. The van der Waals surface area contributed by atoms with Gasteiger partial charge in [-0.1, -0.05) is 11.6 Å². The van der Waals surface area contributed by atoms with Gasteiger partial charge in [0.1, 0.15) is 22.2 Å². The maximum atomic E-state index is 12.9. The van der Waals surface area contributed by atoms with Gasteiger partial charge in [0.2, 0.25) is 0 Å². The quantitative estimate of drug-likeness (QED) is 0.884. The summed E-state index contributed by atoms with van der Waals surface area (Å²) in [5.41, 5.74) is -0.894. The van der Waals surface area contributed by atoms with E-state index in [0.717, 1.165) is 6.07 Å². The predicted molar refractivity (Wildman–Crippen MR) is 45.0 cm³/mol. The second-order valence-corrected chi connectivity index (χ2v) is 2.80. The Kier molecular flexibility index (Phi) is 3.41. The van der Waals surface area contributed by atoms with Crippen LogP contribution in [0.25, 0.3) is 0 Å². The molecule has 0 heterocycles. The first-order valence-electron chi connectivity index (χ1n) is 3.59. The number of rotatable bonds is 3. The van der Waals surface area contributed by atoms with E-state index in [1.54, 1.807) is 0 Å². The highest BCUT2D eigenvalue weighted by Gasteiger charge is 2.20. The molecule has 0 amide bonds. The van der Waals surface area contributed by atoms with Crippen LogP contribution in [0.5, 0.6) is 5.75 Å². The van der Waals surface area contributed by atoms with Gasteiger partial charge in [-0.25, -0.2) is 9.18 Å². The van der Waals surface area contributed by atoms with Crippen molar-refractivity contribution in [3.05, 3.63) is 28.5 Å². The maximum Gasteiger partial charge on any atom is 0.387 e. The molecule has 0 bridgehead atoms. The van der Waals surface area contributed by atoms with Crippen molar-refractivity contribution in [1.29, 1.82) is 0 Å². The first kappa shape index (κ1) is 11.6. The highest BCUT2D eigenvalue weighted by atomic mass is 35.5. The van der Waals surface area contributed by atoms with Crippen molar-refractivity contribution in [2.45, 2.75) is 6.61 Å². The van der Waals surface area contributed by atoms with E-state index in [2.05, 4.69) is 4.74 Å². The topological polar surface area (TPSA) is 46.5 Å². The smallest absolute Gasteiger partial charge is 0.387 e. The lowest BCUT2D eigenvalue weighted by molar-refractivity contribution is -0.0499.